The summed E-state index contributed by atoms with van der Waals surface area (Å²) in [5.41, 5.74) is 7.98. The molecule has 1 fully saturated rings. The zero-order chi connectivity index (χ0) is 13.1. The van der Waals surface area contributed by atoms with Crippen molar-refractivity contribution in [1.29, 1.82) is 0 Å². The molecule has 1 aliphatic rings. The molecule has 18 heavy (non-hydrogen) atoms. The topological polar surface area (TPSA) is 29.3 Å². The molecule has 3 heteroatoms. The third-order valence-electron chi connectivity index (χ3n) is 4.01. The molecule has 0 saturated carbocycles. The third kappa shape index (κ3) is 2.83. The van der Waals surface area contributed by atoms with E-state index in [1.807, 2.05) is 13.0 Å². The van der Waals surface area contributed by atoms with E-state index in [0.717, 1.165) is 30.3 Å². The van der Waals surface area contributed by atoms with Gasteiger partial charge in [-0.2, -0.15) is 0 Å². The van der Waals surface area contributed by atoms with E-state index in [-0.39, 0.29) is 11.9 Å². The molecular formula is C15H23FN2. The molecule has 0 amide bonds. The number of benzene rings is 1. The number of nitrogens with two attached hydrogens (primary N) is 1. The number of piperidine rings is 1. The Morgan fingerprint density at radius 1 is 1.39 bits per heavy atom. The van der Waals surface area contributed by atoms with Crippen LogP contribution in [0.4, 0.5) is 10.1 Å². The molecule has 1 atom stereocenters. The SMILES string of the molecule is CCC1CCN(c2ccc(F)cc2C(C)N)CC1. The van der Waals surface area contributed by atoms with Gasteiger partial charge in [0, 0.05) is 24.8 Å². The molecule has 2 N–H and O–H groups in total. The molecule has 1 unspecified atom stereocenters. The van der Waals surface area contributed by atoms with Crippen LogP contribution in [-0.2, 0) is 0 Å². The third-order valence-corrected chi connectivity index (χ3v) is 4.01. The molecule has 0 bridgehead atoms. The van der Waals surface area contributed by atoms with Gasteiger partial charge in [0.15, 0.2) is 0 Å². The molecule has 0 aliphatic carbocycles. The Labute approximate surface area is 109 Å². The molecule has 0 aromatic heterocycles. The predicted molar refractivity (Wildman–Crippen MR) is 74.2 cm³/mol. The number of nitrogens with zero attached hydrogens (tertiary/aromatic N) is 1. The highest BCUT2D eigenvalue weighted by Crippen LogP contribution is 2.30. The van der Waals surface area contributed by atoms with Crippen molar-refractivity contribution in [2.24, 2.45) is 11.7 Å². The molecule has 1 aliphatic heterocycles. The number of hydrogen-bond acceptors (Lipinski definition) is 2. The Bertz CT molecular complexity index is 395. The summed E-state index contributed by atoms with van der Waals surface area (Å²) in [6.45, 7) is 6.29. The molecule has 1 aromatic rings. The van der Waals surface area contributed by atoms with E-state index in [1.165, 1.54) is 25.3 Å². The lowest BCUT2D eigenvalue weighted by atomic mass is 9.93. The van der Waals surface area contributed by atoms with Crippen LogP contribution in [0.5, 0.6) is 0 Å². The van der Waals surface area contributed by atoms with Gasteiger partial charge >= 0.3 is 0 Å². The quantitative estimate of drug-likeness (QED) is 0.890. The maximum Gasteiger partial charge on any atom is 0.123 e. The summed E-state index contributed by atoms with van der Waals surface area (Å²) in [5, 5.41) is 0. The molecule has 1 heterocycles. The highest BCUT2D eigenvalue weighted by atomic mass is 19.1. The maximum atomic E-state index is 13.3. The van der Waals surface area contributed by atoms with E-state index in [0.29, 0.717) is 0 Å². The summed E-state index contributed by atoms with van der Waals surface area (Å²) >= 11 is 0. The van der Waals surface area contributed by atoms with Gasteiger partial charge in [-0.1, -0.05) is 13.3 Å². The van der Waals surface area contributed by atoms with E-state index < -0.39 is 0 Å². The van der Waals surface area contributed by atoms with Gasteiger partial charge in [0.05, 0.1) is 0 Å². The number of anilines is 1. The van der Waals surface area contributed by atoms with Crippen LogP contribution in [0, 0.1) is 11.7 Å². The molecule has 100 valence electrons. The van der Waals surface area contributed by atoms with Crippen molar-refractivity contribution in [3.8, 4) is 0 Å². The Morgan fingerprint density at radius 3 is 2.61 bits per heavy atom. The highest BCUT2D eigenvalue weighted by molar-refractivity contribution is 5.55. The van der Waals surface area contributed by atoms with Crippen molar-refractivity contribution >= 4 is 5.69 Å². The van der Waals surface area contributed by atoms with Crippen molar-refractivity contribution in [2.45, 2.75) is 39.2 Å². The van der Waals surface area contributed by atoms with E-state index in [9.17, 15) is 4.39 Å². The summed E-state index contributed by atoms with van der Waals surface area (Å²) in [4.78, 5) is 2.35. The summed E-state index contributed by atoms with van der Waals surface area (Å²) in [6, 6.07) is 4.86. The van der Waals surface area contributed by atoms with Crippen molar-refractivity contribution < 1.29 is 4.39 Å². The Hall–Kier alpha value is -1.09. The van der Waals surface area contributed by atoms with Gasteiger partial charge in [0.1, 0.15) is 5.82 Å². The number of rotatable bonds is 3. The van der Waals surface area contributed by atoms with Crippen LogP contribution in [0.15, 0.2) is 18.2 Å². The van der Waals surface area contributed by atoms with Gasteiger partial charge in [-0.15, -0.1) is 0 Å². The van der Waals surface area contributed by atoms with Gasteiger partial charge < -0.3 is 10.6 Å². The van der Waals surface area contributed by atoms with E-state index in [4.69, 9.17) is 5.73 Å². The van der Waals surface area contributed by atoms with Crippen LogP contribution in [0.1, 0.15) is 44.7 Å². The van der Waals surface area contributed by atoms with Crippen LogP contribution in [-0.4, -0.2) is 13.1 Å². The highest BCUT2D eigenvalue weighted by Gasteiger charge is 2.21. The lowest BCUT2D eigenvalue weighted by Crippen LogP contribution is -2.34. The van der Waals surface area contributed by atoms with Gasteiger partial charge in [0.25, 0.3) is 0 Å². The fourth-order valence-corrected chi connectivity index (χ4v) is 2.76. The first kappa shape index (κ1) is 13.3. The molecule has 2 nitrogen and oxygen atoms in total. The first-order valence-corrected chi connectivity index (χ1v) is 6.91. The second kappa shape index (κ2) is 5.70. The van der Waals surface area contributed by atoms with Crippen LogP contribution in [0.3, 0.4) is 0 Å². The smallest absolute Gasteiger partial charge is 0.123 e. The van der Waals surface area contributed by atoms with Crippen molar-refractivity contribution in [2.75, 3.05) is 18.0 Å². The standard InChI is InChI=1S/C15H23FN2/c1-3-12-6-8-18(9-7-12)15-5-4-13(16)10-14(15)11(2)17/h4-5,10-12H,3,6-9,17H2,1-2H3. The Morgan fingerprint density at radius 2 is 2.06 bits per heavy atom. The van der Waals surface area contributed by atoms with Crippen molar-refractivity contribution in [1.82, 2.24) is 0 Å². The molecule has 0 spiro atoms. The average Bonchev–Trinajstić information content (AvgIpc) is 2.39. The van der Waals surface area contributed by atoms with Gasteiger partial charge in [-0.25, -0.2) is 4.39 Å². The number of halogens is 1. The second-order valence-electron chi connectivity index (χ2n) is 5.33. The van der Waals surface area contributed by atoms with E-state index in [1.54, 1.807) is 6.07 Å². The fourth-order valence-electron chi connectivity index (χ4n) is 2.76. The average molecular weight is 250 g/mol. The molecule has 1 saturated heterocycles. The Balaban J connectivity index is 2.18. The second-order valence-corrected chi connectivity index (χ2v) is 5.33. The molecule has 0 radical (unpaired) electrons. The largest absolute Gasteiger partial charge is 0.371 e. The predicted octanol–water partition coefficient (Wildman–Crippen LogP) is 3.47. The van der Waals surface area contributed by atoms with Gasteiger partial charge in [-0.3, -0.25) is 0 Å². The lowest BCUT2D eigenvalue weighted by Gasteiger charge is -2.35. The first-order valence-electron chi connectivity index (χ1n) is 6.91. The van der Waals surface area contributed by atoms with E-state index >= 15 is 0 Å². The van der Waals surface area contributed by atoms with Crippen molar-refractivity contribution in [3.63, 3.8) is 0 Å². The summed E-state index contributed by atoms with van der Waals surface area (Å²) in [5.74, 6) is 0.648. The first-order chi connectivity index (χ1) is 8.61. The summed E-state index contributed by atoms with van der Waals surface area (Å²) < 4.78 is 13.3. The monoisotopic (exact) mass is 250 g/mol. The molecule has 1 aromatic carbocycles. The molecule has 2 rings (SSSR count). The minimum absolute atomic E-state index is 0.125. The summed E-state index contributed by atoms with van der Waals surface area (Å²) in [6.07, 6.45) is 3.72. The van der Waals surface area contributed by atoms with Crippen LogP contribution < -0.4 is 10.6 Å². The van der Waals surface area contributed by atoms with Crippen LogP contribution in [0.2, 0.25) is 0 Å². The van der Waals surface area contributed by atoms with Crippen LogP contribution in [0.25, 0.3) is 0 Å². The minimum atomic E-state index is -0.200. The Kier molecular flexibility index (Phi) is 4.23. The molecular weight excluding hydrogens is 227 g/mol. The normalized spacial score (nSPS) is 19.0. The summed E-state index contributed by atoms with van der Waals surface area (Å²) in [7, 11) is 0. The van der Waals surface area contributed by atoms with Gasteiger partial charge in [-0.05, 0) is 49.4 Å². The fraction of sp³-hybridized carbons (Fsp3) is 0.600. The number of hydrogen-bond donors (Lipinski definition) is 1. The minimum Gasteiger partial charge on any atom is -0.371 e. The lowest BCUT2D eigenvalue weighted by molar-refractivity contribution is 0.394. The van der Waals surface area contributed by atoms with E-state index in [2.05, 4.69) is 11.8 Å². The van der Waals surface area contributed by atoms with Gasteiger partial charge in [0.2, 0.25) is 0 Å². The van der Waals surface area contributed by atoms with Crippen molar-refractivity contribution in [3.05, 3.63) is 29.6 Å². The zero-order valence-electron chi connectivity index (χ0n) is 11.3. The van der Waals surface area contributed by atoms with Crippen LogP contribution >= 0.6 is 0 Å². The zero-order valence-corrected chi connectivity index (χ0v) is 11.3. The maximum absolute atomic E-state index is 13.3.